The fourth-order valence-electron chi connectivity index (χ4n) is 4.04. The molecular weight excluding hydrogens is 390 g/mol. The van der Waals surface area contributed by atoms with E-state index in [-0.39, 0.29) is 6.04 Å². The minimum absolute atomic E-state index is 0.00529. The molecule has 2 nitrogen and oxygen atoms in total. The van der Waals surface area contributed by atoms with Crippen molar-refractivity contribution in [1.82, 2.24) is 5.32 Å². The molecule has 2 heteroatoms. The third-order valence-corrected chi connectivity index (χ3v) is 5.72. The van der Waals surface area contributed by atoms with Gasteiger partial charge in [0.05, 0.1) is 6.61 Å². The lowest BCUT2D eigenvalue weighted by molar-refractivity contribution is 0.00589. The Hall–Kier alpha value is -3.46. The van der Waals surface area contributed by atoms with Crippen molar-refractivity contribution >= 4 is 0 Å². The highest BCUT2D eigenvalue weighted by molar-refractivity contribution is 5.47. The molecule has 4 aromatic rings. The first kappa shape index (κ1) is 21.8. The molecule has 0 amide bonds. The highest BCUT2D eigenvalue weighted by Crippen LogP contribution is 2.40. The Morgan fingerprint density at radius 1 is 0.656 bits per heavy atom. The van der Waals surface area contributed by atoms with Gasteiger partial charge < -0.3 is 10.1 Å². The summed E-state index contributed by atoms with van der Waals surface area (Å²) in [6, 6.07) is 41.8. The van der Waals surface area contributed by atoms with Crippen LogP contribution < -0.4 is 5.32 Å². The Bertz CT molecular complexity index is 982. The monoisotopic (exact) mass is 419 g/mol. The fraction of sp³-hybridized carbons (Fsp3) is 0.133. The molecule has 4 rings (SSSR count). The molecule has 4 aromatic carbocycles. The van der Waals surface area contributed by atoms with E-state index in [2.05, 4.69) is 109 Å². The second-order valence-electron chi connectivity index (χ2n) is 7.80. The lowest BCUT2D eigenvalue weighted by Crippen LogP contribution is -2.39. The predicted molar refractivity (Wildman–Crippen MR) is 132 cm³/mol. The Morgan fingerprint density at radius 2 is 1.06 bits per heavy atom. The molecule has 32 heavy (non-hydrogen) atoms. The maximum Gasteiger partial charge on any atom is 0.143 e. The van der Waals surface area contributed by atoms with E-state index in [1.807, 2.05) is 30.3 Å². The zero-order valence-corrected chi connectivity index (χ0v) is 18.2. The Morgan fingerprint density at radius 3 is 1.47 bits per heavy atom. The van der Waals surface area contributed by atoms with Gasteiger partial charge in [0, 0.05) is 12.6 Å². The predicted octanol–water partition coefficient (Wildman–Crippen LogP) is 6.34. The minimum Gasteiger partial charge on any atom is -0.359 e. The van der Waals surface area contributed by atoms with Crippen LogP contribution in [0.1, 0.15) is 22.3 Å². The topological polar surface area (TPSA) is 21.3 Å². The zero-order chi connectivity index (χ0) is 22.1. The van der Waals surface area contributed by atoms with Gasteiger partial charge in [0.25, 0.3) is 0 Å². The van der Waals surface area contributed by atoms with Crippen LogP contribution in [-0.2, 0) is 16.9 Å². The van der Waals surface area contributed by atoms with Crippen LogP contribution >= 0.6 is 0 Å². The lowest BCUT2D eigenvalue weighted by atomic mass is 9.80. The van der Waals surface area contributed by atoms with E-state index >= 15 is 0 Å². The Balaban J connectivity index is 1.68. The maximum atomic E-state index is 6.90. The number of benzene rings is 4. The van der Waals surface area contributed by atoms with E-state index in [1.165, 1.54) is 5.56 Å². The summed E-state index contributed by atoms with van der Waals surface area (Å²) >= 11 is 0. The molecule has 0 fully saturated rings. The van der Waals surface area contributed by atoms with Gasteiger partial charge in [-0.15, -0.1) is 6.58 Å². The first-order chi connectivity index (χ1) is 15.8. The standard InChI is InChI=1S/C30H29NO/c1-2-29(31-23-25-15-7-3-8-16-25)24-32-30(26-17-9-4-10-18-26,27-19-11-5-12-20-27)28-21-13-6-14-22-28/h2-22,29,31H,1,23-24H2/t29-/m0/s1. The van der Waals surface area contributed by atoms with E-state index in [9.17, 15) is 0 Å². The molecule has 0 aromatic heterocycles. The molecule has 0 aliphatic heterocycles. The van der Waals surface area contributed by atoms with Crippen molar-refractivity contribution < 1.29 is 4.74 Å². The van der Waals surface area contributed by atoms with Crippen molar-refractivity contribution in [2.75, 3.05) is 6.61 Å². The third kappa shape index (κ3) is 4.88. The average Bonchev–Trinajstić information content (AvgIpc) is 2.89. The fourth-order valence-corrected chi connectivity index (χ4v) is 4.04. The summed E-state index contributed by atoms with van der Waals surface area (Å²) in [5.41, 5.74) is 3.81. The second-order valence-corrected chi connectivity index (χ2v) is 7.80. The van der Waals surface area contributed by atoms with Gasteiger partial charge in [-0.1, -0.05) is 127 Å². The molecule has 0 bridgehead atoms. The molecule has 0 spiro atoms. The molecule has 0 saturated carbocycles. The smallest absolute Gasteiger partial charge is 0.143 e. The van der Waals surface area contributed by atoms with Crippen molar-refractivity contribution in [3.63, 3.8) is 0 Å². The van der Waals surface area contributed by atoms with Crippen molar-refractivity contribution in [3.8, 4) is 0 Å². The van der Waals surface area contributed by atoms with Crippen LogP contribution in [0.15, 0.2) is 134 Å². The highest BCUT2D eigenvalue weighted by Gasteiger charge is 2.37. The summed E-state index contributed by atoms with van der Waals surface area (Å²) in [5, 5.41) is 3.57. The maximum absolute atomic E-state index is 6.90. The molecule has 0 aliphatic carbocycles. The highest BCUT2D eigenvalue weighted by atomic mass is 16.5. The minimum atomic E-state index is -0.723. The summed E-state index contributed by atoms with van der Waals surface area (Å²) < 4.78 is 6.90. The van der Waals surface area contributed by atoms with E-state index in [0.717, 1.165) is 23.2 Å². The third-order valence-electron chi connectivity index (χ3n) is 5.72. The first-order valence-electron chi connectivity index (χ1n) is 11.0. The van der Waals surface area contributed by atoms with Gasteiger partial charge in [-0.3, -0.25) is 0 Å². The van der Waals surface area contributed by atoms with Crippen LogP contribution in [-0.4, -0.2) is 12.6 Å². The van der Waals surface area contributed by atoms with E-state index < -0.39 is 5.60 Å². The van der Waals surface area contributed by atoms with Crippen LogP contribution in [0.2, 0.25) is 0 Å². The van der Waals surface area contributed by atoms with Crippen LogP contribution in [0.25, 0.3) is 0 Å². The quantitative estimate of drug-likeness (QED) is 0.239. The SMILES string of the molecule is C=C[C@@H](COC(c1ccccc1)(c1ccccc1)c1ccccc1)NCc1ccccc1. The normalized spacial score (nSPS) is 12.2. The van der Waals surface area contributed by atoms with Crippen LogP contribution in [0.4, 0.5) is 0 Å². The molecule has 1 N–H and O–H groups in total. The summed E-state index contributed by atoms with van der Waals surface area (Å²) in [6.07, 6.45) is 1.93. The van der Waals surface area contributed by atoms with Gasteiger partial charge >= 0.3 is 0 Å². The van der Waals surface area contributed by atoms with E-state index in [1.54, 1.807) is 0 Å². The largest absolute Gasteiger partial charge is 0.359 e. The number of rotatable bonds is 10. The van der Waals surface area contributed by atoms with Gasteiger partial charge in [-0.25, -0.2) is 0 Å². The van der Waals surface area contributed by atoms with Gasteiger partial charge in [0.1, 0.15) is 5.60 Å². The molecule has 0 unspecified atom stereocenters. The first-order valence-corrected chi connectivity index (χ1v) is 11.0. The van der Waals surface area contributed by atoms with Crippen LogP contribution in [0.5, 0.6) is 0 Å². The molecule has 0 heterocycles. The van der Waals surface area contributed by atoms with Crippen molar-refractivity contribution in [2.24, 2.45) is 0 Å². The summed E-state index contributed by atoms with van der Waals surface area (Å²) in [5.74, 6) is 0. The molecule has 0 aliphatic rings. The van der Waals surface area contributed by atoms with Crippen LogP contribution in [0.3, 0.4) is 0 Å². The van der Waals surface area contributed by atoms with Gasteiger partial charge in [-0.2, -0.15) is 0 Å². The van der Waals surface area contributed by atoms with Crippen molar-refractivity contribution in [1.29, 1.82) is 0 Å². The Kier molecular flexibility index (Phi) is 7.29. The summed E-state index contributed by atoms with van der Waals surface area (Å²) in [4.78, 5) is 0. The van der Waals surface area contributed by atoms with Gasteiger partial charge in [0.2, 0.25) is 0 Å². The van der Waals surface area contributed by atoms with Crippen molar-refractivity contribution in [3.05, 3.63) is 156 Å². The number of hydrogen-bond acceptors (Lipinski definition) is 2. The molecular formula is C30H29NO. The lowest BCUT2D eigenvalue weighted by Gasteiger charge is -2.37. The zero-order valence-electron chi connectivity index (χ0n) is 18.2. The van der Waals surface area contributed by atoms with E-state index in [0.29, 0.717) is 6.61 Å². The Labute approximate surface area is 191 Å². The van der Waals surface area contributed by atoms with Crippen molar-refractivity contribution in [2.45, 2.75) is 18.2 Å². The number of ether oxygens (including phenoxy) is 1. The molecule has 0 saturated heterocycles. The molecule has 0 radical (unpaired) electrons. The second kappa shape index (κ2) is 10.7. The summed E-state index contributed by atoms with van der Waals surface area (Å²) in [7, 11) is 0. The van der Waals surface area contributed by atoms with Gasteiger partial charge in [-0.05, 0) is 22.3 Å². The summed E-state index contributed by atoms with van der Waals surface area (Å²) in [6.45, 7) is 5.29. The van der Waals surface area contributed by atoms with E-state index in [4.69, 9.17) is 4.74 Å². The molecule has 1 atom stereocenters. The average molecular weight is 420 g/mol. The number of nitrogens with one attached hydrogen (secondary N) is 1. The number of hydrogen-bond donors (Lipinski definition) is 1. The van der Waals surface area contributed by atoms with Gasteiger partial charge in [0.15, 0.2) is 0 Å². The molecule has 160 valence electrons. The van der Waals surface area contributed by atoms with Crippen LogP contribution in [0, 0.1) is 0 Å².